The van der Waals surface area contributed by atoms with Crippen molar-refractivity contribution in [3.63, 3.8) is 0 Å². The fourth-order valence-electron chi connectivity index (χ4n) is 2.56. The number of thiazole rings is 1. The molecule has 2 aromatic carbocycles. The first-order valence-corrected chi connectivity index (χ1v) is 9.48. The summed E-state index contributed by atoms with van der Waals surface area (Å²) < 4.78 is 42.2. The van der Waals surface area contributed by atoms with Crippen LogP contribution in [0.2, 0.25) is 0 Å². The maximum absolute atomic E-state index is 12.4. The van der Waals surface area contributed by atoms with Crippen LogP contribution in [0.4, 0.5) is 18.3 Å². The van der Waals surface area contributed by atoms with Gasteiger partial charge in [-0.05, 0) is 18.2 Å². The van der Waals surface area contributed by atoms with Gasteiger partial charge in [0.05, 0.1) is 15.8 Å². The molecular formula is C20H13F3N4O2S. The molecule has 0 aliphatic carbocycles. The van der Waals surface area contributed by atoms with E-state index in [1.54, 1.807) is 0 Å². The van der Waals surface area contributed by atoms with Crippen LogP contribution in [-0.4, -0.2) is 33.6 Å². The Morgan fingerprint density at radius 2 is 1.80 bits per heavy atom. The molecule has 2 heterocycles. The van der Waals surface area contributed by atoms with Crippen molar-refractivity contribution in [2.45, 2.75) is 6.18 Å². The monoisotopic (exact) mass is 430 g/mol. The van der Waals surface area contributed by atoms with Crippen molar-refractivity contribution in [3.05, 3.63) is 66.5 Å². The second-order valence-electron chi connectivity index (χ2n) is 6.17. The average molecular weight is 430 g/mol. The molecule has 0 bridgehead atoms. The minimum atomic E-state index is -4.42. The van der Waals surface area contributed by atoms with Gasteiger partial charge in [0.2, 0.25) is 0 Å². The lowest BCUT2D eigenvalue weighted by atomic mass is 10.2. The number of benzene rings is 2. The second kappa shape index (κ2) is 8.07. The van der Waals surface area contributed by atoms with Crippen LogP contribution in [0, 0.1) is 0 Å². The van der Waals surface area contributed by atoms with Crippen LogP contribution in [0.25, 0.3) is 21.6 Å². The minimum absolute atomic E-state index is 0.0752. The number of ether oxygens (including phenoxy) is 1. The summed E-state index contributed by atoms with van der Waals surface area (Å²) in [5.41, 5.74) is 1.62. The van der Waals surface area contributed by atoms with E-state index >= 15 is 0 Å². The zero-order valence-corrected chi connectivity index (χ0v) is 16.0. The molecule has 152 valence electrons. The van der Waals surface area contributed by atoms with Crippen molar-refractivity contribution in [1.82, 2.24) is 15.0 Å². The molecule has 0 aliphatic heterocycles. The third kappa shape index (κ3) is 4.71. The summed E-state index contributed by atoms with van der Waals surface area (Å²) >= 11 is 1.12. The molecule has 0 radical (unpaired) electrons. The molecule has 1 amide bonds. The van der Waals surface area contributed by atoms with Crippen LogP contribution in [0.15, 0.2) is 60.9 Å². The summed E-state index contributed by atoms with van der Waals surface area (Å²) in [6.07, 6.45) is -1.58. The zero-order valence-electron chi connectivity index (χ0n) is 15.2. The standard InChI is InChI=1S/C20H13F3N4O2S/c21-20(22,23)11-29-14-6-7-15-16(8-14)30-19(26-15)27-18(28)13-9-24-17(25-10-13)12-4-2-1-3-5-12/h1-10H,11H2,(H,26,27,28). The highest BCUT2D eigenvalue weighted by Gasteiger charge is 2.28. The molecule has 2 aromatic heterocycles. The Hall–Kier alpha value is -3.53. The fourth-order valence-corrected chi connectivity index (χ4v) is 3.45. The van der Waals surface area contributed by atoms with Gasteiger partial charge in [-0.25, -0.2) is 15.0 Å². The lowest BCUT2D eigenvalue weighted by molar-refractivity contribution is -0.153. The van der Waals surface area contributed by atoms with Gasteiger partial charge in [-0.2, -0.15) is 13.2 Å². The quantitative estimate of drug-likeness (QED) is 0.485. The first-order valence-electron chi connectivity index (χ1n) is 8.66. The van der Waals surface area contributed by atoms with E-state index in [0.717, 1.165) is 16.9 Å². The summed E-state index contributed by atoms with van der Waals surface area (Å²) in [6.45, 7) is -1.38. The van der Waals surface area contributed by atoms with Crippen molar-refractivity contribution in [1.29, 1.82) is 0 Å². The maximum Gasteiger partial charge on any atom is 0.422 e. The van der Waals surface area contributed by atoms with E-state index in [1.807, 2.05) is 30.3 Å². The topological polar surface area (TPSA) is 77.0 Å². The van der Waals surface area contributed by atoms with Gasteiger partial charge in [0.1, 0.15) is 5.75 Å². The van der Waals surface area contributed by atoms with Crippen LogP contribution >= 0.6 is 11.3 Å². The van der Waals surface area contributed by atoms with Gasteiger partial charge in [0.25, 0.3) is 5.91 Å². The molecule has 0 unspecified atom stereocenters. The van der Waals surface area contributed by atoms with E-state index in [9.17, 15) is 18.0 Å². The second-order valence-corrected chi connectivity index (χ2v) is 7.20. The number of carbonyl (C=O) groups is 1. The normalized spacial score (nSPS) is 11.4. The Morgan fingerprint density at radius 1 is 1.07 bits per heavy atom. The van der Waals surface area contributed by atoms with E-state index in [-0.39, 0.29) is 11.3 Å². The number of nitrogens with one attached hydrogen (secondary N) is 1. The van der Waals surface area contributed by atoms with Gasteiger partial charge in [0.15, 0.2) is 17.6 Å². The third-order valence-electron chi connectivity index (χ3n) is 3.93. The number of carbonyl (C=O) groups excluding carboxylic acids is 1. The highest BCUT2D eigenvalue weighted by molar-refractivity contribution is 7.22. The number of hydrogen-bond acceptors (Lipinski definition) is 6. The molecule has 4 aromatic rings. The summed E-state index contributed by atoms with van der Waals surface area (Å²) in [5.74, 6) is 0.131. The lowest BCUT2D eigenvalue weighted by Gasteiger charge is -2.08. The van der Waals surface area contributed by atoms with Crippen LogP contribution in [0.3, 0.4) is 0 Å². The maximum atomic E-state index is 12.4. The molecule has 30 heavy (non-hydrogen) atoms. The molecule has 4 rings (SSSR count). The lowest BCUT2D eigenvalue weighted by Crippen LogP contribution is -2.19. The summed E-state index contributed by atoms with van der Waals surface area (Å²) in [5, 5.41) is 2.95. The largest absolute Gasteiger partial charge is 0.484 e. The number of hydrogen-bond donors (Lipinski definition) is 1. The van der Waals surface area contributed by atoms with Crippen molar-refractivity contribution < 1.29 is 22.7 Å². The summed E-state index contributed by atoms with van der Waals surface area (Å²) in [6, 6.07) is 13.7. The van der Waals surface area contributed by atoms with Crippen molar-refractivity contribution >= 4 is 32.6 Å². The van der Waals surface area contributed by atoms with Crippen molar-refractivity contribution in [2.24, 2.45) is 0 Å². The molecule has 6 nitrogen and oxygen atoms in total. The Labute approximate surface area is 172 Å². The molecule has 0 saturated heterocycles. The molecule has 0 fully saturated rings. The number of fused-ring (bicyclic) bond motifs is 1. The van der Waals surface area contributed by atoms with Crippen LogP contribution < -0.4 is 10.1 Å². The number of halogens is 3. The molecule has 0 saturated carbocycles. The average Bonchev–Trinajstić information content (AvgIpc) is 3.14. The Bertz CT molecular complexity index is 1180. The molecular weight excluding hydrogens is 417 g/mol. The number of aromatic nitrogens is 3. The smallest absolute Gasteiger partial charge is 0.422 e. The molecule has 10 heteroatoms. The molecule has 0 atom stereocenters. The van der Waals surface area contributed by atoms with Gasteiger partial charge in [-0.1, -0.05) is 41.7 Å². The van der Waals surface area contributed by atoms with E-state index in [4.69, 9.17) is 4.74 Å². The number of nitrogens with zero attached hydrogens (tertiary/aromatic N) is 3. The first kappa shape index (κ1) is 19.8. The van der Waals surface area contributed by atoms with Gasteiger partial charge < -0.3 is 4.74 Å². The summed E-state index contributed by atoms with van der Waals surface area (Å²) in [7, 11) is 0. The predicted octanol–water partition coefficient (Wildman–Crippen LogP) is 4.95. The molecule has 1 N–H and O–H groups in total. The van der Waals surface area contributed by atoms with E-state index < -0.39 is 18.7 Å². The van der Waals surface area contributed by atoms with E-state index in [0.29, 0.717) is 21.2 Å². The zero-order chi connectivity index (χ0) is 21.1. The van der Waals surface area contributed by atoms with Gasteiger partial charge in [-0.15, -0.1) is 0 Å². The van der Waals surface area contributed by atoms with Gasteiger partial charge >= 0.3 is 6.18 Å². The molecule has 0 aliphatic rings. The Morgan fingerprint density at radius 3 is 2.50 bits per heavy atom. The van der Waals surface area contributed by atoms with Crippen LogP contribution in [-0.2, 0) is 0 Å². The number of alkyl halides is 3. The predicted molar refractivity (Wildman–Crippen MR) is 107 cm³/mol. The highest BCUT2D eigenvalue weighted by atomic mass is 32.1. The van der Waals surface area contributed by atoms with Crippen LogP contribution in [0.5, 0.6) is 5.75 Å². The van der Waals surface area contributed by atoms with Gasteiger partial charge in [-0.3, -0.25) is 10.1 Å². The first-order chi connectivity index (χ1) is 14.4. The minimum Gasteiger partial charge on any atom is -0.484 e. The third-order valence-corrected chi connectivity index (χ3v) is 4.86. The van der Waals surface area contributed by atoms with E-state index in [2.05, 4.69) is 20.3 Å². The highest BCUT2D eigenvalue weighted by Crippen LogP contribution is 2.30. The molecule has 0 spiro atoms. The SMILES string of the molecule is O=C(Nc1nc2ccc(OCC(F)(F)F)cc2s1)c1cnc(-c2ccccc2)nc1. The van der Waals surface area contributed by atoms with Crippen molar-refractivity contribution in [2.75, 3.05) is 11.9 Å². The van der Waals surface area contributed by atoms with Gasteiger partial charge in [0, 0.05) is 18.0 Å². The fraction of sp³-hybridized carbons (Fsp3) is 0.100. The number of rotatable bonds is 5. The summed E-state index contributed by atoms with van der Waals surface area (Å²) in [4.78, 5) is 25.1. The Balaban J connectivity index is 1.46. The van der Waals surface area contributed by atoms with Crippen LogP contribution in [0.1, 0.15) is 10.4 Å². The number of amides is 1. The Kier molecular flexibility index (Phi) is 5.32. The van der Waals surface area contributed by atoms with E-state index in [1.165, 1.54) is 30.6 Å². The van der Waals surface area contributed by atoms with Crippen molar-refractivity contribution in [3.8, 4) is 17.1 Å². The number of anilines is 1.